The van der Waals surface area contributed by atoms with Crippen molar-refractivity contribution in [2.24, 2.45) is 7.05 Å². The summed E-state index contributed by atoms with van der Waals surface area (Å²) in [6, 6.07) is 6.26. The van der Waals surface area contributed by atoms with Crippen LogP contribution in [0.4, 0.5) is 10.1 Å². The smallest absolute Gasteiger partial charge is 0.306 e. The van der Waals surface area contributed by atoms with Crippen molar-refractivity contribution in [3.63, 3.8) is 0 Å². The van der Waals surface area contributed by atoms with Gasteiger partial charge in [0.05, 0.1) is 17.1 Å². The van der Waals surface area contributed by atoms with Crippen molar-refractivity contribution >= 4 is 17.6 Å². The van der Waals surface area contributed by atoms with Gasteiger partial charge in [-0.1, -0.05) is 18.2 Å². The van der Waals surface area contributed by atoms with Crippen LogP contribution in [0.15, 0.2) is 24.3 Å². The van der Waals surface area contributed by atoms with Crippen LogP contribution in [0, 0.1) is 19.7 Å². The lowest BCUT2D eigenvalue weighted by Gasteiger charge is -2.14. The number of ether oxygens (including phenoxy) is 1. The van der Waals surface area contributed by atoms with Crippen LogP contribution >= 0.6 is 0 Å². The Bertz CT molecular complexity index is 786. The van der Waals surface area contributed by atoms with Gasteiger partial charge < -0.3 is 10.1 Å². The Morgan fingerprint density at radius 1 is 1.32 bits per heavy atom. The quantitative estimate of drug-likeness (QED) is 0.816. The molecule has 0 saturated carbocycles. The van der Waals surface area contributed by atoms with Crippen LogP contribution in [0.25, 0.3) is 0 Å². The number of rotatable bonds is 6. The second-order valence-electron chi connectivity index (χ2n) is 5.88. The van der Waals surface area contributed by atoms with E-state index in [0.29, 0.717) is 16.9 Å². The number of amides is 1. The van der Waals surface area contributed by atoms with Gasteiger partial charge in [-0.25, -0.2) is 4.39 Å². The maximum absolute atomic E-state index is 13.5. The first-order valence-electron chi connectivity index (χ1n) is 8.03. The van der Waals surface area contributed by atoms with Gasteiger partial charge in [-0.15, -0.1) is 0 Å². The van der Waals surface area contributed by atoms with E-state index in [9.17, 15) is 14.0 Å². The van der Waals surface area contributed by atoms with Crippen molar-refractivity contribution in [3.8, 4) is 0 Å². The van der Waals surface area contributed by atoms with E-state index < -0.39 is 18.0 Å². The second-order valence-corrected chi connectivity index (χ2v) is 5.88. The van der Waals surface area contributed by atoms with Gasteiger partial charge in [0.2, 0.25) is 0 Å². The lowest BCUT2D eigenvalue weighted by atomic mass is 10.1. The van der Waals surface area contributed by atoms with Crippen molar-refractivity contribution in [3.05, 3.63) is 47.0 Å². The number of esters is 1. The normalized spacial score (nSPS) is 11.9. The van der Waals surface area contributed by atoms with E-state index in [1.807, 2.05) is 6.92 Å². The van der Waals surface area contributed by atoms with Crippen molar-refractivity contribution in [1.29, 1.82) is 0 Å². The molecule has 2 aromatic rings. The Morgan fingerprint density at radius 2 is 2.00 bits per heavy atom. The maximum Gasteiger partial charge on any atom is 0.306 e. The van der Waals surface area contributed by atoms with E-state index in [1.54, 1.807) is 36.9 Å². The number of aromatic nitrogens is 2. The minimum atomic E-state index is -0.952. The van der Waals surface area contributed by atoms with Crippen LogP contribution in [0.3, 0.4) is 0 Å². The lowest BCUT2D eigenvalue weighted by molar-refractivity contribution is -0.153. The summed E-state index contributed by atoms with van der Waals surface area (Å²) in [4.78, 5) is 24.1. The molecule has 7 heteroatoms. The highest BCUT2D eigenvalue weighted by atomic mass is 19.1. The predicted molar refractivity (Wildman–Crippen MR) is 91.6 cm³/mol. The van der Waals surface area contributed by atoms with Gasteiger partial charge in [-0.2, -0.15) is 5.10 Å². The van der Waals surface area contributed by atoms with Gasteiger partial charge in [0.15, 0.2) is 6.10 Å². The molecule has 2 rings (SSSR count). The molecule has 1 amide bonds. The monoisotopic (exact) mass is 347 g/mol. The van der Waals surface area contributed by atoms with Crippen LogP contribution < -0.4 is 5.32 Å². The largest absolute Gasteiger partial charge is 0.453 e. The molecule has 0 bridgehead atoms. The number of carbonyl (C=O) groups excluding carboxylic acids is 2. The highest BCUT2D eigenvalue weighted by Crippen LogP contribution is 2.19. The molecule has 0 aliphatic rings. The van der Waals surface area contributed by atoms with E-state index in [-0.39, 0.29) is 18.7 Å². The standard InChI is InChI=1S/C18H22FN3O3/c1-11-17(12(2)22(4)21-11)20-18(24)13(3)25-16(23)10-9-14-7-5-6-8-15(14)19/h5-8,13H,9-10H2,1-4H3,(H,20,24)/t13-/m0/s1. The van der Waals surface area contributed by atoms with Crippen molar-refractivity contribution in [1.82, 2.24) is 9.78 Å². The van der Waals surface area contributed by atoms with Crippen molar-refractivity contribution < 1.29 is 18.7 Å². The molecule has 134 valence electrons. The summed E-state index contributed by atoms with van der Waals surface area (Å²) < 4.78 is 20.3. The molecule has 0 saturated heterocycles. The number of hydrogen-bond donors (Lipinski definition) is 1. The highest BCUT2D eigenvalue weighted by Gasteiger charge is 2.21. The molecule has 6 nitrogen and oxygen atoms in total. The molecular weight excluding hydrogens is 325 g/mol. The average Bonchev–Trinajstić information content (AvgIpc) is 2.80. The predicted octanol–water partition coefficient (Wildman–Crippen LogP) is 2.68. The fourth-order valence-electron chi connectivity index (χ4n) is 2.43. The molecule has 0 aliphatic carbocycles. The fourth-order valence-corrected chi connectivity index (χ4v) is 2.43. The third kappa shape index (κ3) is 4.65. The van der Waals surface area contributed by atoms with Gasteiger partial charge in [0.1, 0.15) is 5.82 Å². The first-order valence-corrected chi connectivity index (χ1v) is 8.03. The number of nitrogens with one attached hydrogen (secondary N) is 1. The van der Waals surface area contributed by atoms with Gasteiger partial charge >= 0.3 is 5.97 Å². The summed E-state index contributed by atoms with van der Waals surface area (Å²) >= 11 is 0. The first-order chi connectivity index (χ1) is 11.8. The zero-order valence-electron chi connectivity index (χ0n) is 14.8. The van der Waals surface area contributed by atoms with E-state index in [4.69, 9.17) is 4.74 Å². The molecule has 0 radical (unpaired) electrons. The summed E-state index contributed by atoms with van der Waals surface area (Å²) in [7, 11) is 1.78. The number of nitrogens with zero attached hydrogens (tertiary/aromatic N) is 2. The number of aryl methyl sites for hydroxylation is 3. The van der Waals surface area contributed by atoms with Crippen LogP contribution in [-0.2, 0) is 27.8 Å². The Kier molecular flexibility index (Phi) is 5.90. The number of carbonyl (C=O) groups is 2. The molecule has 0 spiro atoms. The summed E-state index contributed by atoms with van der Waals surface area (Å²) in [5.74, 6) is -1.34. The lowest BCUT2D eigenvalue weighted by Crippen LogP contribution is -2.30. The molecular formula is C18H22FN3O3. The van der Waals surface area contributed by atoms with Crippen LogP contribution in [0.1, 0.15) is 30.3 Å². The maximum atomic E-state index is 13.5. The average molecular weight is 347 g/mol. The number of hydrogen-bond acceptors (Lipinski definition) is 4. The minimum absolute atomic E-state index is 0.00347. The topological polar surface area (TPSA) is 73.2 Å². The first kappa shape index (κ1) is 18.6. The molecule has 0 fully saturated rings. The molecule has 0 unspecified atom stereocenters. The van der Waals surface area contributed by atoms with E-state index >= 15 is 0 Å². The Morgan fingerprint density at radius 3 is 2.60 bits per heavy atom. The van der Waals surface area contributed by atoms with Crippen LogP contribution in [0.5, 0.6) is 0 Å². The molecule has 25 heavy (non-hydrogen) atoms. The third-order valence-electron chi connectivity index (χ3n) is 3.99. The molecule has 0 aliphatic heterocycles. The molecule has 1 aromatic heterocycles. The van der Waals surface area contributed by atoms with Crippen molar-refractivity contribution in [2.75, 3.05) is 5.32 Å². The number of benzene rings is 1. The van der Waals surface area contributed by atoms with Gasteiger partial charge in [0, 0.05) is 13.5 Å². The van der Waals surface area contributed by atoms with Crippen LogP contribution in [-0.4, -0.2) is 27.8 Å². The Balaban J connectivity index is 1.88. The van der Waals surface area contributed by atoms with Gasteiger partial charge in [-0.05, 0) is 38.8 Å². The Hall–Kier alpha value is -2.70. The third-order valence-corrected chi connectivity index (χ3v) is 3.99. The van der Waals surface area contributed by atoms with E-state index in [2.05, 4.69) is 10.4 Å². The number of anilines is 1. The highest BCUT2D eigenvalue weighted by molar-refractivity contribution is 5.96. The summed E-state index contributed by atoms with van der Waals surface area (Å²) in [6.07, 6.45) is -0.725. The molecule has 1 aromatic carbocycles. The van der Waals surface area contributed by atoms with Gasteiger partial charge in [0.25, 0.3) is 5.91 Å². The zero-order chi connectivity index (χ0) is 18.6. The minimum Gasteiger partial charge on any atom is -0.453 e. The Labute approximate surface area is 146 Å². The van der Waals surface area contributed by atoms with E-state index in [0.717, 1.165) is 5.69 Å². The summed E-state index contributed by atoms with van der Waals surface area (Å²) in [5.41, 5.74) is 2.55. The zero-order valence-corrected chi connectivity index (χ0v) is 14.8. The molecule has 1 heterocycles. The summed E-state index contributed by atoms with van der Waals surface area (Å²) in [6.45, 7) is 5.12. The summed E-state index contributed by atoms with van der Waals surface area (Å²) in [5, 5.41) is 6.94. The number of halogens is 1. The molecule has 1 N–H and O–H groups in total. The SMILES string of the molecule is Cc1nn(C)c(C)c1NC(=O)[C@H](C)OC(=O)CCc1ccccc1F. The second kappa shape index (κ2) is 7.92. The van der Waals surface area contributed by atoms with Crippen molar-refractivity contribution in [2.45, 2.75) is 39.7 Å². The molecule has 1 atom stereocenters. The van der Waals surface area contributed by atoms with E-state index in [1.165, 1.54) is 13.0 Å². The van der Waals surface area contributed by atoms with Gasteiger partial charge in [-0.3, -0.25) is 14.3 Å². The van der Waals surface area contributed by atoms with Crippen LogP contribution in [0.2, 0.25) is 0 Å². The fraction of sp³-hybridized carbons (Fsp3) is 0.389.